The Bertz CT molecular complexity index is 884. The number of pyridine rings is 2. The van der Waals surface area contributed by atoms with Gasteiger partial charge in [0, 0.05) is 43.0 Å². The van der Waals surface area contributed by atoms with Crippen LogP contribution in [0.2, 0.25) is 0 Å². The Morgan fingerprint density at radius 3 is 2.40 bits per heavy atom. The molecule has 0 aliphatic carbocycles. The average molecular weight is 413 g/mol. The summed E-state index contributed by atoms with van der Waals surface area (Å²) in [4.78, 5) is 34.2. The van der Waals surface area contributed by atoms with E-state index in [1.807, 2.05) is 32.9 Å². The molecular formula is C22H27N3O5. The first-order valence-corrected chi connectivity index (χ1v) is 9.92. The molecule has 0 saturated carbocycles. The molecular weight excluding hydrogens is 386 g/mol. The number of rotatable bonds is 4. The summed E-state index contributed by atoms with van der Waals surface area (Å²) in [5.41, 5.74) is 0.773. The van der Waals surface area contributed by atoms with Gasteiger partial charge in [-0.3, -0.25) is 0 Å². The van der Waals surface area contributed by atoms with E-state index >= 15 is 0 Å². The van der Waals surface area contributed by atoms with Crippen LogP contribution in [-0.2, 0) is 9.47 Å². The van der Waals surface area contributed by atoms with Crippen LogP contribution in [0.1, 0.15) is 55.6 Å². The molecule has 1 aliphatic heterocycles. The average Bonchev–Trinajstić information content (AvgIpc) is 2.73. The Morgan fingerprint density at radius 1 is 1.07 bits per heavy atom. The topological polar surface area (TPSA) is 90.9 Å². The summed E-state index contributed by atoms with van der Waals surface area (Å²) in [5, 5.41) is 0. The van der Waals surface area contributed by atoms with Crippen molar-refractivity contribution in [3.8, 4) is 11.8 Å². The van der Waals surface area contributed by atoms with Crippen molar-refractivity contribution >= 4 is 12.1 Å². The number of esters is 1. The van der Waals surface area contributed by atoms with Crippen LogP contribution in [0.4, 0.5) is 4.79 Å². The summed E-state index contributed by atoms with van der Waals surface area (Å²) in [6.07, 6.45) is 2.74. The number of likely N-dealkylation sites (tertiary alicyclic amines) is 1. The van der Waals surface area contributed by atoms with Crippen LogP contribution in [0.25, 0.3) is 0 Å². The van der Waals surface area contributed by atoms with E-state index in [-0.39, 0.29) is 12.0 Å². The normalized spacial score (nSPS) is 14.9. The molecule has 0 radical (unpaired) electrons. The Balaban J connectivity index is 1.60. The minimum Gasteiger partial charge on any atom is -0.465 e. The van der Waals surface area contributed by atoms with Gasteiger partial charge in [-0.25, -0.2) is 19.6 Å². The number of hydrogen-bond acceptors (Lipinski definition) is 7. The maximum absolute atomic E-state index is 12.2. The van der Waals surface area contributed by atoms with Gasteiger partial charge in [-0.15, -0.1) is 0 Å². The molecule has 3 heterocycles. The Labute approximate surface area is 176 Å². The fourth-order valence-corrected chi connectivity index (χ4v) is 3.19. The van der Waals surface area contributed by atoms with Crippen molar-refractivity contribution in [1.82, 2.24) is 14.9 Å². The number of carbonyl (C=O) groups is 2. The van der Waals surface area contributed by atoms with Crippen molar-refractivity contribution in [2.24, 2.45) is 0 Å². The van der Waals surface area contributed by atoms with Crippen LogP contribution >= 0.6 is 0 Å². The quantitative estimate of drug-likeness (QED) is 0.695. The fraction of sp³-hybridized carbons (Fsp3) is 0.455. The second kappa shape index (κ2) is 9.11. The summed E-state index contributed by atoms with van der Waals surface area (Å²) in [7, 11) is 1.32. The van der Waals surface area contributed by atoms with Gasteiger partial charge in [0.2, 0.25) is 11.8 Å². The third-order valence-corrected chi connectivity index (χ3v) is 4.68. The summed E-state index contributed by atoms with van der Waals surface area (Å²) in [6, 6.07) is 8.80. The van der Waals surface area contributed by atoms with Gasteiger partial charge in [0.25, 0.3) is 0 Å². The van der Waals surface area contributed by atoms with Gasteiger partial charge in [0.15, 0.2) is 0 Å². The smallest absolute Gasteiger partial charge is 0.410 e. The SMILES string of the molecule is COC(=O)c1ccc(Oc2cccc(C3CCN(C(=O)OC(C)(C)C)CC3)n2)nc1. The molecule has 0 aromatic carbocycles. The number of hydrogen-bond donors (Lipinski definition) is 0. The first-order chi connectivity index (χ1) is 14.2. The third-order valence-electron chi connectivity index (χ3n) is 4.68. The van der Waals surface area contributed by atoms with E-state index < -0.39 is 11.6 Å². The van der Waals surface area contributed by atoms with Crippen LogP contribution < -0.4 is 4.74 Å². The van der Waals surface area contributed by atoms with Crippen LogP contribution in [-0.4, -0.2) is 52.7 Å². The molecule has 1 amide bonds. The largest absolute Gasteiger partial charge is 0.465 e. The summed E-state index contributed by atoms with van der Waals surface area (Å²) >= 11 is 0. The number of nitrogens with zero attached hydrogens (tertiary/aromatic N) is 3. The maximum Gasteiger partial charge on any atom is 0.410 e. The second-order valence-corrected chi connectivity index (χ2v) is 8.12. The van der Waals surface area contributed by atoms with E-state index in [9.17, 15) is 9.59 Å². The van der Waals surface area contributed by atoms with Crippen molar-refractivity contribution in [2.45, 2.75) is 45.1 Å². The predicted octanol–water partition coefficient (Wildman–Crippen LogP) is 4.17. The molecule has 8 heteroatoms. The number of piperidine rings is 1. The Kier molecular flexibility index (Phi) is 6.54. The van der Waals surface area contributed by atoms with Crippen LogP contribution in [0.5, 0.6) is 11.8 Å². The van der Waals surface area contributed by atoms with Crippen LogP contribution in [0.3, 0.4) is 0 Å². The molecule has 1 aliphatic rings. The second-order valence-electron chi connectivity index (χ2n) is 8.12. The molecule has 160 valence electrons. The molecule has 0 spiro atoms. The molecule has 1 saturated heterocycles. The van der Waals surface area contributed by atoms with Crippen LogP contribution in [0, 0.1) is 0 Å². The Morgan fingerprint density at radius 2 is 1.80 bits per heavy atom. The van der Waals surface area contributed by atoms with Crippen molar-refractivity contribution < 1.29 is 23.8 Å². The lowest BCUT2D eigenvalue weighted by Gasteiger charge is -2.33. The number of amides is 1. The van der Waals surface area contributed by atoms with Crippen molar-refractivity contribution in [2.75, 3.05) is 20.2 Å². The highest BCUT2D eigenvalue weighted by Gasteiger charge is 2.28. The summed E-state index contributed by atoms with van der Waals surface area (Å²) in [6.45, 7) is 6.85. The molecule has 0 atom stereocenters. The predicted molar refractivity (Wildman–Crippen MR) is 110 cm³/mol. The molecule has 0 unspecified atom stereocenters. The lowest BCUT2D eigenvalue weighted by Crippen LogP contribution is -2.41. The van der Waals surface area contributed by atoms with Gasteiger partial charge in [-0.05, 0) is 45.7 Å². The zero-order chi connectivity index (χ0) is 21.7. The first kappa shape index (κ1) is 21.5. The van der Waals surface area contributed by atoms with E-state index in [2.05, 4.69) is 14.7 Å². The number of ether oxygens (including phenoxy) is 3. The van der Waals surface area contributed by atoms with Gasteiger partial charge in [-0.2, -0.15) is 0 Å². The lowest BCUT2D eigenvalue weighted by molar-refractivity contribution is 0.0203. The van der Waals surface area contributed by atoms with Gasteiger partial charge >= 0.3 is 12.1 Å². The highest BCUT2D eigenvalue weighted by molar-refractivity contribution is 5.88. The fourth-order valence-electron chi connectivity index (χ4n) is 3.19. The highest BCUT2D eigenvalue weighted by atomic mass is 16.6. The minimum absolute atomic E-state index is 0.238. The highest BCUT2D eigenvalue weighted by Crippen LogP contribution is 2.29. The van der Waals surface area contributed by atoms with E-state index in [0.29, 0.717) is 30.4 Å². The molecule has 2 aromatic heterocycles. The van der Waals surface area contributed by atoms with E-state index in [0.717, 1.165) is 18.5 Å². The molecule has 8 nitrogen and oxygen atoms in total. The first-order valence-electron chi connectivity index (χ1n) is 9.92. The summed E-state index contributed by atoms with van der Waals surface area (Å²) < 4.78 is 15.8. The van der Waals surface area contributed by atoms with E-state index in [1.165, 1.54) is 13.3 Å². The minimum atomic E-state index is -0.496. The number of aromatic nitrogens is 2. The lowest BCUT2D eigenvalue weighted by atomic mass is 9.93. The van der Waals surface area contributed by atoms with Gasteiger partial charge in [0.1, 0.15) is 5.60 Å². The van der Waals surface area contributed by atoms with E-state index in [1.54, 1.807) is 23.1 Å². The Hall–Kier alpha value is -3.16. The van der Waals surface area contributed by atoms with Crippen molar-refractivity contribution in [3.05, 3.63) is 47.8 Å². The summed E-state index contributed by atoms with van der Waals surface area (Å²) in [5.74, 6) is 0.557. The maximum atomic E-state index is 12.2. The zero-order valence-corrected chi connectivity index (χ0v) is 17.8. The number of methoxy groups -OCH3 is 1. The number of carbonyl (C=O) groups excluding carboxylic acids is 2. The van der Waals surface area contributed by atoms with Gasteiger partial charge < -0.3 is 19.1 Å². The molecule has 30 heavy (non-hydrogen) atoms. The van der Waals surface area contributed by atoms with E-state index in [4.69, 9.17) is 9.47 Å². The zero-order valence-electron chi connectivity index (χ0n) is 17.8. The standard InChI is InChI=1S/C22H27N3O5/c1-22(2,3)30-21(27)25-12-10-15(11-13-25)17-6-5-7-19(24-17)29-18-9-8-16(14-23-18)20(26)28-4/h5-9,14-15H,10-13H2,1-4H3. The molecule has 3 rings (SSSR count). The van der Waals surface area contributed by atoms with Gasteiger partial charge in [-0.1, -0.05) is 6.07 Å². The van der Waals surface area contributed by atoms with Crippen LogP contribution in [0.15, 0.2) is 36.5 Å². The molecule has 1 fully saturated rings. The van der Waals surface area contributed by atoms with Crippen molar-refractivity contribution in [1.29, 1.82) is 0 Å². The monoisotopic (exact) mass is 413 g/mol. The van der Waals surface area contributed by atoms with Gasteiger partial charge in [0.05, 0.1) is 12.7 Å². The third kappa shape index (κ3) is 5.68. The molecule has 2 aromatic rings. The van der Waals surface area contributed by atoms with Crippen molar-refractivity contribution in [3.63, 3.8) is 0 Å². The molecule has 0 N–H and O–H groups in total. The molecule has 0 bridgehead atoms.